The second kappa shape index (κ2) is 10.9. The third-order valence-electron chi connectivity index (χ3n) is 4.63. The van der Waals surface area contributed by atoms with Gasteiger partial charge in [0.1, 0.15) is 11.5 Å². The first-order chi connectivity index (χ1) is 15.0. The van der Waals surface area contributed by atoms with Gasteiger partial charge in [-0.3, -0.25) is 9.59 Å². The summed E-state index contributed by atoms with van der Waals surface area (Å²) in [5.41, 5.74) is 1.86. The fraction of sp³-hybridized carbons (Fsp3) is 0.250. The summed E-state index contributed by atoms with van der Waals surface area (Å²) in [6.45, 7) is 4.46. The number of carbonyl (C=O) groups excluding carboxylic acids is 2. The summed E-state index contributed by atoms with van der Waals surface area (Å²) < 4.78 is 10.9. The lowest BCUT2D eigenvalue weighted by Crippen LogP contribution is -2.23. The van der Waals surface area contributed by atoms with Crippen molar-refractivity contribution in [1.82, 2.24) is 5.32 Å². The zero-order valence-electron chi connectivity index (χ0n) is 17.7. The maximum Gasteiger partial charge on any atom is 0.251 e. The summed E-state index contributed by atoms with van der Waals surface area (Å²) in [6.07, 6.45) is 2.64. The van der Waals surface area contributed by atoms with Crippen LogP contribution < -0.4 is 20.7 Å². The Morgan fingerprint density at radius 1 is 1.03 bits per heavy atom. The molecule has 1 unspecified atom stereocenters. The van der Waals surface area contributed by atoms with Gasteiger partial charge in [-0.25, -0.2) is 0 Å². The van der Waals surface area contributed by atoms with Crippen molar-refractivity contribution in [3.05, 3.63) is 78.3 Å². The van der Waals surface area contributed by atoms with Crippen LogP contribution in [0.5, 0.6) is 5.75 Å². The third-order valence-corrected chi connectivity index (χ3v) is 4.63. The molecule has 0 radical (unpaired) electrons. The van der Waals surface area contributed by atoms with Crippen LogP contribution >= 0.6 is 0 Å². The number of ether oxygens (including phenoxy) is 1. The molecule has 162 valence electrons. The topological polar surface area (TPSA) is 92.6 Å². The second-order valence-electron chi connectivity index (χ2n) is 7.11. The van der Waals surface area contributed by atoms with E-state index >= 15 is 0 Å². The Balaban J connectivity index is 1.47. The quantitative estimate of drug-likeness (QED) is 0.450. The Morgan fingerprint density at radius 3 is 2.55 bits per heavy atom. The molecule has 0 spiro atoms. The van der Waals surface area contributed by atoms with Gasteiger partial charge in [0.15, 0.2) is 0 Å². The van der Waals surface area contributed by atoms with Gasteiger partial charge in [-0.05, 0) is 67.9 Å². The average Bonchev–Trinajstić information content (AvgIpc) is 3.31. The van der Waals surface area contributed by atoms with Crippen molar-refractivity contribution in [1.29, 1.82) is 0 Å². The van der Waals surface area contributed by atoms with Crippen LogP contribution in [0.1, 0.15) is 36.4 Å². The zero-order valence-corrected chi connectivity index (χ0v) is 17.7. The minimum absolute atomic E-state index is 0.0720. The van der Waals surface area contributed by atoms with Crippen LogP contribution in [0, 0.1) is 0 Å². The number of nitrogens with one attached hydrogen (secondary N) is 3. The highest BCUT2D eigenvalue weighted by Crippen LogP contribution is 2.18. The van der Waals surface area contributed by atoms with E-state index in [4.69, 9.17) is 9.15 Å². The first-order valence-corrected chi connectivity index (χ1v) is 10.2. The molecule has 0 fully saturated rings. The Morgan fingerprint density at radius 2 is 1.84 bits per heavy atom. The Kier molecular flexibility index (Phi) is 7.70. The molecule has 3 rings (SSSR count). The van der Waals surface area contributed by atoms with Crippen molar-refractivity contribution in [3.63, 3.8) is 0 Å². The molecule has 7 heteroatoms. The van der Waals surface area contributed by atoms with Gasteiger partial charge in [0.05, 0.1) is 25.5 Å². The summed E-state index contributed by atoms with van der Waals surface area (Å²) in [6, 6.07) is 17.8. The number of anilines is 2. The third kappa shape index (κ3) is 6.92. The first-order valence-electron chi connectivity index (χ1n) is 10.2. The van der Waals surface area contributed by atoms with Crippen LogP contribution in [0.25, 0.3) is 0 Å². The van der Waals surface area contributed by atoms with E-state index in [0.717, 1.165) is 12.2 Å². The number of furan rings is 1. The van der Waals surface area contributed by atoms with Crippen LogP contribution in [0.4, 0.5) is 11.4 Å². The largest absolute Gasteiger partial charge is 0.491 e. The molecule has 1 heterocycles. The number of carbonyl (C=O) groups is 2. The van der Waals surface area contributed by atoms with Gasteiger partial charge in [-0.1, -0.05) is 13.0 Å². The highest BCUT2D eigenvalue weighted by atomic mass is 16.5. The lowest BCUT2D eigenvalue weighted by atomic mass is 10.2. The molecule has 3 N–H and O–H groups in total. The maximum absolute atomic E-state index is 12.3. The lowest BCUT2D eigenvalue weighted by Gasteiger charge is -2.13. The molecule has 0 bridgehead atoms. The van der Waals surface area contributed by atoms with Gasteiger partial charge < -0.3 is 25.1 Å². The van der Waals surface area contributed by atoms with Crippen LogP contribution in [-0.4, -0.2) is 24.5 Å². The molecular weight excluding hydrogens is 394 g/mol. The molecule has 0 aliphatic heterocycles. The van der Waals surface area contributed by atoms with Gasteiger partial charge in [-0.2, -0.15) is 0 Å². The average molecular weight is 421 g/mol. The molecule has 31 heavy (non-hydrogen) atoms. The molecule has 2 aromatic carbocycles. The van der Waals surface area contributed by atoms with E-state index in [0.29, 0.717) is 29.2 Å². The van der Waals surface area contributed by atoms with Crippen LogP contribution in [0.15, 0.2) is 71.3 Å². The van der Waals surface area contributed by atoms with Gasteiger partial charge in [0.2, 0.25) is 5.91 Å². The van der Waals surface area contributed by atoms with E-state index in [1.54, 1.807) is 54.8 Å². The van der Waals surface area contributed by atoms with Crippen LogP contribution in [0.3, 0.4) is 0 Å². The molecule has 7 nitrogen and oxygen atoms in total. The summed E-state index contributed by atoms with van der Waals surface area (Å²) in [4.78, 5) is 24.6. The minimum atomic E-state index is -0.218. The van der Waals surface area contributed by atoms with E-state index in [2.05, 4.69) is 22.9 Å². The number of hydrogen-bond acceptors (Lipinski definition) is 5. The van der Waals surface area contributed by atoms with Crippen LogP contribution in [-0.2, 0) is 11.3 Å². The predicted molar refractivity (Wildman–Crippen MR) is 120 cm³/mol. The van der Waals surface area contributed by atoms with E-state index in [-0.39, 0.29) is 24.5 Å². The van der Waals surface area contributed by atoms with Crippen molar-refractivity contribution in [2.24, 2.45) is 0 Å². The number of amides is 2. The Labute approximate surface area is 181 Å². The van der Waals surface area contributed by atoms with E-state index in [9.17, 15) is 9.59 Å². The van der Waals surface area contributed by atoms with Crippen LogP contribution in [0.2, 0.25) is 0 Å². The van der Waals surface area contributed by atoms with Crippen molar-refractivity contribution >= 4 is 23.2 Å². The summed E-state index contributed by atoms with van der Waals surface area (Å²) in [5.74, 6) is 1.04. The SMILES string of the molecule is CCC(C)Oc1ccc(NC(=O)CNc2cccc(C(=O)NCc3ccco3)c2)cc1. The van der Waals surface area contributed by atoms with E-state index in [1.807, 2.05) is 19.1 Å². The number of hydrogen-bond donors (Lipinski definition) is 3. The van der Waals surface area contributed by atoms with E-state index in [1.165, 1.54) is 0 Å². The predicted octanol–water partition coefficient (Wildman–Crippen LogP) is 4.44. The molecule has 1 atom stereocenters. The highest BCUT2D eigenvalue weighted by Gasteiger charge is 2.08. The van der Waals surface area contributed by atoms with E-state index < -0.39 is 0 Å². The minimum Gasteiger partial charge on any atom is -0.491 e. The number of rotatable bonds is 10. The summed E-state index contributed by atoms with van der Waals surface area (Å²) in [5, 5.41) is 8.67. The lowest BCUT2D eigenvalue weighted by molar-refractivity contribution is -0.114. The molecule has 0 saturated carbocycles. The Hall–Kier alpha value is -3.74. The molecular formula is C24H27N3O4. The first kappa shape index (κ1) is 22.0. The molecule has 2 amide bonds. The molecule has 1 aromatic heterocycles. The summed E-state index contributed by atoms with van der Waals surface area (Å²) in [7, 11) is 0. The standard InChI is InChI=1S/C24H27N3O4/c1-3-17(2)31-21-11-9-19(10-12-21)27-23(28)16-25-20-7-4-6-18(14-20)24(29)26-15-22-8-5-13-30-22/h4-14,17,25H,3,15-16H2,1-2H3,(H,26,29)(H,27,28). The fourth-order valence-electron chi connectivity index (χ4n) is 2.77. The number of benzene rings is 2. The van der Waals surface area contributed by atoms with Crippen molar-refractivity contribution in [2.45, 2.75) is 32.9 Å². The van der Waals surface area contributed by atoms with Gasteiger partial charge in [0, 0.05) is 16.9 Å². The summed E-state index contributed by atoms with van der Waals surface area (Å²) >= 11 is 0. The zero-order chi connectivity index (χ0) is 22.1. The monoisotopic (exact) mass is 421 g/mol. The molecule has 0 saturated heterocycles. The van der Waals surface area contributed by atoms with Crippen molar-refractivity contribution < 1.29 is 18.7 Å². The maximum atomic E-state index is 12.3. The van der Waals surface area contributed by atoms with Gasteiger partial charge in [-0.15, -0.1) is 0 Å². The van der Waals surface area contributed by atoms with Crippen molar-refractivity contribution in [3.8, 4) is 5.75 Å². The highest BCUT2D eigenvalue weighted by molar-refractivity contribution is 5.96. The smallest absolute Gasteiger partial charge is 0.251 e. The Bertz CT molecular complexity index is 984. The van der Waals surface area contributed by atoms with Crippen molar-refractivity contribution in [2.75, 3.05) is 17.2 Å². The van der Waals surface area contributed by atoms with Gasteiger partial charge >= 0.3 is 0 Å². The fourth-order valence-corrected chi connectivity index (χ4v) is 2.77. The van der Waals surface area contributed by atoms with Gasteiger partial charge in [0.25, 0.3) is 5.91 Å². The molecule has 3 aromatic rings. The molecule has 0 aliphatic rings. The normalized spacial score (nSPS) is 11.4. The second-order valence-corrected chi connectivity index (χ2v) is 7.11. The molecule has 0 aliphatic carbocycles.